The summed E-state index contributed by atoms with van der Waals surface area (Å²) in [6.07, 6.45) is 0. The predicted molar refractivity (Wildman–Crippen MR) is 74.6 cm³/mol. The van der Waals surface area contributed by atoms with Crippen molar-refractivity contribution in [1.29, 1.82) is 0 Å². The maximum atomic E-state index is 6.20. The van der Waals surface area contributed by atoms with Gasteiger partial charge < -0.3 is 16.2 Å². The van der Waals surface area contributed by atoms with Crippen molar-refractivity contribution in [2.75, 3.05) is 18.6 Å². The van der Waals surface area contributed by atoms with Gasteiger partial charge in [-0.15, -0.1) is 0 Å². The third-order valence-electron chi connectivity index (χ3n) is 3.09. The number of anilines is 2. The topological polar surface area (TPSA) is 74.2 Å². The summed E-state index contributed by atoms with van der Waals surface area (Å²) in [7, 11) is 1.62. The van der Waals surface area contributed by atoms with E-state index in [-0.39, 0.29) is 0 Å². The number of rotatable bonds is 1. The van der Waals surface area contributed by atoms with Gasteiger partial charge in [0.25, 0.3) is 0 Å². The molecule has 18 heavy (non-hydrogen) atoms. The summed E-state index contributed by atoms with van der Waals surface area (Å²) in [5.41, 5.74) is 14.9. The molecule has 0 saturated heterocycles. The third kappa shape index (κ3) is 1.35. The molecule has 0 spiro atoms. The zero-order valence-electron chi connectivity index (χ0n) is 9.97. The second-order valence-corrected chi connectivity index (χ2v) is 4.13. The van der Waals surface area contributed by atoms with Gasteiger partial charge in [0.05, 0.1) is 24.0 Å². The van der Waals surface area contributed by atoms with Crippen LogP contribution in [0.5, 0.6) is 5.75 Å². The first kappa shape index (κ1) is 10.7. The van der Waals surface area contributed by atoms with Crippen LogP contribution in [0.1, 0.15) is 0 Å². The highest BCUT2D eigenvalue weighted by molar-refractivity contribution is 6.10. The Bertz CT molecular complexity index is 753. The van der Waals surface area contributed by atoms with E-state index in [9.17, 15) is 0 Å². The first-order chi connectivity index (χ1) is 8.72. The molecule has 0 saturated carbocycles. The van der Waals surface area contributed by atoms with E-state index in [4.69, 9.17) is 16.2 Å². The number of fused-ring (bicyclic) bond motifs is 2. The van der Waals surface area contributed by atoms with Gasteiger partial charge in [-0.1, -0.05) is 24.3 Å². The number of hydrogen-bond acceptors (Lipinski definition) is 4. The van der Waals surface area contributed by atoms with E-state index in [0.717, 1.165) is 16.3 Å². The number of para-hydroxylation sites is 2. The van der Waals surface area contributed by atoms with Crippen LogP contribution in [0.2, 0.25) is 0 Å². The fraction of sp³-hybridized carbons (Fsp3) is 0.0714. The molecule has 0 bridgehead atoms. The summed E-state index contributed by atoms with van der Waals surface area (Å²) < 4.78 is 5.31. The lowest BCUT2D eigenvalue weighted by atomic mass is 10.1. The van der Waals surface area contributed by atoms with Gasteiger partial charge in [-0.25, -0.2) is 4.98 Å². The molecular weight excluding hydrogens is 226 g/mol. The first-order valence-corrected chi connectivity index (χ1v) is 5.62. The molecule has 0 aliphatic carbocycles. The summed E-state index contributed by atoms with van der Waals surface area (Å²) >= 11 is 0. The Labute approximate surface area is 104 Å². The molecule has 90 valence electrons. The number of nitrogens with zero attached hydrogens (tertiary/aromatic N) is 1. The molecule has 0 radical (unpaired) electrons. The largest absolute Gasteiger partial charge is 0.494 e. The smallest absolute Gasteiger partial charge is 0.145 e. The number of methoxy groups -OCH3 is 1. The van der Waals surface area contributed by atoms with Crippen molar-refractivity contribution in [3.05, 3.63) is 36.4 Å². The lowest BCUT2D eigenvalue weighted by molar-refractivity contribution is 0.419. The summed E-state index contributed by atoms with van der Waals surface area (Å²) in [5.74, 6) is 0.698. The van der Waals surface area contributed by atoms with Crippen molar-refractivity contribution >= 4 is 33.2 Å². The van der Waals surface area contributed by atoms with Crippen LogP contribution in [-0.4, -0.2) is 12.1 Å². The van der Waals surface area contributed by atoms with Crippen molar-refractivity contribution in [2.24, 2.45) is 0 Å². The molecule has 0 fully saturated rings. The average molecular weight is 239 g/mol. The molecule has 4 heteroatoms. The number of ether oxygens (including phenoxy) is 1. The minimum Gasteiger partial charge on any atom is -0.494 e. The van der Waals surface area contributed by atoms with Crippen molar-refractivity contribution < 1.29 is 4.74 Å². The van der Waals surface area contributed by atoms with E-state index < -0.39 is 0 Å². The predicted octanol–water partition coefficient (Wildman–Crippen LogP) is 2.56. The molecule has 3 rings (SSSR count). The standard InChI is InChI=1S/C14H13N3O/c1-18-11-7-3-5-9-12(16)8-4-2-6-10(15)13(8)17-14(9)11/h2-7H,15H2,1H3,(H2,16,17). The maximum absolute atomic E-state index is 6.20. The van der Waals surface area contributed by atoms with Gasteiger partial charge in [-0.3, -0.25) is 0 Å². The maximum Gasteiger partial charge on any atom is 0.145 e. The normalized spacial score (nSPS) is 10.9. The lowest BCUT2D eigenvalue weighted by Crippen LogP contribution is -1.97. The Morgan fingerprint density at radius 1 is 0.944 bits per heavy atom. The SMILES string of the molecule is COc1cccc2c(N)c3cccc(N)c3nc12. The Hall–Kier alpha value is -2.49. The second kappa shape index (κ2) is 3.77. The van der Waals surface area contributed by atoms with Crippen molar-refractivity contribution in [3.8, 4) is 5.75 Å². The van der Waals surface area contributed by atoms with Crippen LogP contribution in [0, 0.1) is 0 Å². The summed E-state index contributed by atoms with van der Waals surface area (Å²) in [5, 5.41) is 1.75. The minimum atomic E-state index is 0.618. The average Bonchev–Trinajstić information content (AvgIpc) is 2.40. The number of benzene rings is 2. The van der Waals surface area contributed by atoms with E-state index in [1.165, 1.54) is 0 Å². The van der Waals surface area contributed by atoms with E-state index in [0.29, 0.717) is 22.6 Å². The van der Waals surface area contributed by atoms with E-state index in [1.54, 1.807) is 7.11 Å². The number of nitrogen functional groups attached to an aromatic ring is 2. The zero-order valence-corrected chi connectivity index (χ0v) is 9.97. The van der Waals surface area contributed by atoms with Gasteiger partial charge in [0.15, 0.2) is 0 Å². The number of hydrogen-bond donors (Lipinski definition) is 2. The van der Waals surface area contributed by atoms with Crippen molar-refractivity contribution in [3.63, 3.8) is 0 Å². The monoisotopic (exact) mass is 239 g/mol. The van der Waals surface area contributed by atoms with Gasteiger partial charge in [0.2, 0.25) is 0 Å². The van der Waals surface area contributed by atoms with Crippen molar-refractivity contribution in [2.45, 2.75) is 0 Å². The highest BCUT2D eigenvalue weighted by atomic mass is 16.5. The molecule has 0 atom stereocenters. The molecule has 4 nitrogen and oxygen atoms in total. The molecule has 0 amide bonds. The Kier molecular flexibility index (Phi) is 2.23. The summed E-state index contributed by atoms with van der Waals surface area (Å²) in [6.45, 7) is 0. The highest BCUT2D eigenvalue weighted by Crippen LogP contribution is 2.34. The first-order valence-electron chi connectivity index (χ1n) is 5.62. The third-order valence-corrected chi connectivity index (χ3v) is 3.09. The quantitative estimate of drug-likeness (QED) is 0.505. The molecular formula is C14H13N3O. The molecule has 2 aromatic carbocycles. The summed E-state index contributed by atoms with van der Waals surface area (Å²) in [6, 6.07) is 11.3. The molecule has 4 N–H and O–H groups in total. The van der Waals surface area contributed by atoms with Gasteiger partial charge in [0, 0.05) is 10.8 Å². The van der Waals surface area contributed by atoms with Crippen LogP contribution in [0.25, 0.3) is 21.8 Å². The fourth-order valence-corrected chi connectivity index (χ4v) is 2.18. The van der Waals surface area contributed by atoms with Crippen LogP contribution in [0.4, 0.5) is 11.4 Å². The van der Waals surface area contributed by atoms with E-state index >= 15 is 0 Å². The Morgan fingerprint density at radius 2 is 1.61 bits per heavy atom. The molecule has 0 unspecified atom stereocenters. The van der Waals surface area contributed by atoms with Crippen molar-refractivity contribution in [1.82, 2.24) is 4.98 Å². The highest BCUT2D eigenvalue weighted by Gasteiger charge is 2.11. The molecule has 3 aromatic rings. The zero-order chi connectivity index (χ0) is 12.7. The van der Waals surface area contributed by atoms with Crippen LogP contribution >= 0.6 is 0 Å². The number of aromatic nitrogens is 1. The molecule has 1 aromatic heterocycles. The number of nitrogens with two attached hydrogens (primary N) is 2. The van der Waals surface area contributed by atoms with Crippen LogP contribution in [0.15, 0.2) is 36.4 Å². The van der Waals surface area contributed by atoms with Crippen LogP contribution in [-0.2, 0) is 0 Å². The lowest BCUT2D eigenvalue weighted by Gasteiger charge is -2.10. The van der Waals surface area contributed by atoms with Crippen LogP contribution < -0.4 is 16.2 Å². The van der Waals surface area contributed by atoms with Gasteiger partial charge in [-0.05, 0) is 12.1 Å². The molecule has 0 aliphatic heterocycles. The minimum absolute atomic E-state index is 0.618. The van der Waals surface area contributed by atoms with Crippen LogP contribution in [0.3, 0.4) is 0 Å². The van der Waals surface area contributed by atoms with Gasteiger partial charge in [0.1, 0.15) is 11.3 Å². The molecule has 0 aliphatic rings. The number of pyridine rings is 1. The summed E-state index contributed by atoms with van der Waals surface area (Å²) in [4.78, 5) is 4.58. The Morgan fingerprint density at radius 3 is 2.33 bits per heavy atom. The molecule has 1 heterocycles. The van der Waals surface area contributed by atoms with E-state index in [2.05, 4.69) is 4.98 Å². The second-order valence-electron chi connectivity index (χ2n) is 4.13. The van der Waals surface area contributed by atoms with E-state index in [1.807, 2.05) is 36.4 Å². The van der Waals surface area contributed by atoms with Gasteiger partial charge >= 0.3 is 0 Å². The fourth-order valence-electron chi connectivity index (χ4n) is 2.18. The Balaban J connectivity index is 2.57. The van der Waals surface area contributed by atoms with Gasteiger partial charge in [-0.2, -0.15) is 0 Å².